The normalized spacial score (nSPS) is 9.81. The van der Waals surface area contributed by atoms with Gasteiger partial charge in [-0.3, -0.25) is 4.98 Å². The molecular formula is C13H9FN2. The van der Waals surface area contributed by atoms with Crippen molar-refractivity contribution in [3.8, 4) is 17.2 Å². The number of nitriles is 1. The van der Waals surface area contributed by atoms with E-state index in [2.05, 4.69) is 4.98 Å². The zero-order valence-electron chi connectivity index (χ0n) is 8.74. The lowest BCUT2D eigenvalue weighted by Crippen LogP contribution is -1.90. The van der Waals surface area contributed by atoms with Gasteiger partial charge in [0, 0.05) is 17.5 Å². The van der Waals surface area contributed by atoms with E-state index >= 15 is 0 Å². The van der Waals surface area contributed by atoms with Gasteiger partial charge in [-0.15, -0.1) is 0 Å². The van der Waals surface area contributed by atoms with Gasteiger partial charge in [-0.05, 0) is 30.7 Å². The van der Waals surface area contributed by atoms with Gasteiger partial charge in [0.05, 0.1) is 5.56 Å². The Labute approximate surface area is 93.0 Å². The highest BCUT2D eigenvalue weighted by atomic mass is 19.1. The third kappa shape index (κ3) is 1.78. The van der Waals surface area contributed by atoms with E-state index in [0.717, 1.165) is 11.3 Å². The summed E-state index contributed by atoms with van der Waals surface area (Å²) in [5, 5.41) is 8.92. The first-order valence-corrected chi connectivity index (χ1v) is 4.84. The molecule has 0 amide bonds. The minimum atomic E-state index is -0.491. The number of pyridine rings is 1. The van der Waals surface area contributed by atoms with Crippen LogP contribution in [0.15, 0.2) is 36.5 Å². The Hall–Kier alpha value is -2.21. The molecule has 0 aliphatic heterocycles. The molecule has 0 aliphatic rings. The maximum Gasteiger partial charge on any atom is 0.141 e. The summed E-state index contributed by atoms with van der Waals surface area (Å²) < 4.78 is 13.4. The zero-order chi connectivity index (χ0) is 11.5. The summed E-state index contributed by atoms with van der Waals surface area (Å²) in [6, 6.07) is 10.1. The third-order valence-electron chi connectivity index (χ3n) is 2.33. The minimum Gasteiger partial charge on any atom is -0.262 e. The van der Waals surface area contributed by atoms with Crippen LogP contribution in [-0.4, -0.2) is 4.98 Å². The minimum absolute atomic E-state index is 0.0769. The highest BCUT2D eigenvalue weighted by Gasteiger charge is 2.09. The van der Waals surface area contributed by atoms with E-state index in [4.69, 9.17) is 5.26 Å². The molecule has 0 N–H and O–H groups in total. The maximum absolute atomic E-state index is 13.4. The molecule has 3 heteroatoms. The van der Waals surface area contributed by atoms with Crippen LogP contribution in [0.4, 0.5) is 4.39 Å². The molecule has 1 aromatic heterocycles. The van der Waals surface area contributed by atoms with E-state index in [1.165, 1.54) is 6.07 Å². The summed E-state index contributed by atoms with van der Waals surface area (Å²) in [7, 11) is 0. The molecule has 78 valence electrons. The maximum atomic E-state index is 13.4. The van der Waals surface area contributed by atoms with Crippen LogP contribution in [-0.2, 0) is 0 Å². The first-order valence-electron chi connectivity index (χ1n) is 4.84. The Morgan fingerprint density at radius 3 is 2.81 bits per heavy atom. The molecule has 0 atom stereocenters. The Morgan fingerprint density at radius 2 is 2.12 bits per heavy atom. The second-order valence-corrected chi connectivity index (χ2v) is 3.46. The van der Waals surface area contributed by atoms with Crippen molar-refractivity contribution in [3.05, 3.63) is 53.6 Å². The number of hydrogen-bond donors (Lipinski definition) is 0. The number of hydrogen-bond acceptors (Lipinski definition) is 2. The number of rotatable bonds is 1. The summed E-state index contributed by atoms with van der Waals surface area (Å²) in [4.78, 5) is 4.07. The van der Waals surface area contributed by atoms with Crippen LogP contribution in [0.3, 0.4) is 0 Å². The topological polar surface area (TPSA) is 36.7 Å². The lowest BCUT2D eigenvalue weighted by molar-refractivity contribution is 0.624. The Balaban J connectivity index is 2.66. The molecule has 0 saturated carbocycles. The smallest absolute Gasteiger partial charge is 0.141 e. The SMILES string of the molecule is Cc1cc(-c2cccc(F)c2C#N)ccn1. The van der Waals surface area contributed by atoms with Crippen LogP contribution in [0.1, 0.15) is 11.3 Å². The molecule has 0 radical (unpaired) electrons. The monoisotopic (exact) mass is 212 g/mol. The van der Waals surface area contributed by atoms with Gasteiger partial charge in [-0.25, -0.2) is 4.39 Å². The summed E-state index contributed by atoms with van der Waals surface area (Å²) in [5.74, 6) is -0.491. The van der Waals surface area contributed by atoms with Crippen molar-refractivity contribution in [1.82, 2.24) is 4.98 Å². The number of aromatic nitrogens is 1. The van der Waals surface area contributed by atoms with Crippen LogP contribution in [0.2, 0.25) is 0 Å². The largest absolute Gasteiger partial charge is 0.262 e. The molecule has 16 heavy (non-hydrogen) atoms. The molecule has 0 saturated heterocycles. The highest BCUT2D eigenvalue weighted by Crippen LogP contribution is 2.25. The fourth-order valence-electron chi connectivity index (χ4n) is 1.59. The van der Waals surface area contributed by atoms with Crippen molar-refractivity contribution in [2.75, 3.05) is 0 Å². The third-order valence-corrected chi connectivity index (χ3v) is 2.33. The van der Waals surface area contributed by atoms with Crippen molar-refractivity contribution in [2.24, 2.45) is 0 Å². The first-order chi connectivity index (χ1) is 7.72. The standard InChI is InChI=1S/C13H9FN2/c1-9-7-10(5-6-16-9)11-3-2-4-13(14)12(11)8-15/h2-7H,1H3. The van der Waals surface area contributed by atoms with Gasteiger partial charge in [-0.1, -0.05) is 12.1 Å². The quantitative estimate of drug-likeness (QED) is 0.728. The second kappa shape index (κ2) is 4.11. The molecule has 1 aromatic carbocycles. The van der Waals surface area contributed by atoms with Crippen molar-refractivity contribution in [1.29, 1.82) is 5.26 Å². The predicted molar refractivity (Wildman–Crippen MR) is 59.1 cm³/mol. The zero-order valence-corrected chi connectivity index (χ0v) is 8.74. The highest BCUT2D eigenvalue weighted by molar-refractivity contribution is 5.70. The fourth-order valence-corrected chi connectivity index (χ4v) is 1.59. The molecule has 2 nitrogen and oxygen atoms in total. The van der Waals surface area contributed by atoms with Crippen molar-refractivity contribution < 1.29 is 4.39 Å². The van der Waals surface area contributed by atoms with E-state index in [1.807, 2.05) is 19.1 Å². The average Bonchev–Trinajstić information content (AvgIpc) is 2.28. The molecule has 0 spiro atoms. The van der Waals surface area contributed by atoms with E-state index < -0.39 is 5.82 Å². The summed E-state index contributed by atoms with van der Waals surface area (Å²) >= 11 is 0. The van der Waals surface area contributed by atoms with Crippen molar-refractivity contribution in [3.63, 3.8) is 0 Å². The molecule has 2 aromatic rings. The van der Waals surface area contributed by atoms with Crippen LogP contribution in [0.5, 0.6) is 0 Å². The number of benzene rings is 1. The van der Waals surface area contributed by atoms with E-state index in [0.29, 0.717) is 5.56 Å². The predicted octanol–water partition coefficient (Wildman–Crippen LogP) is 3.07. The second-order valence-electron chi connectivity index (χ2n) is 3.46. The molecule has 0 fully saturated rings. The fraction of sp³-hybridized carbons (Fsp3) is 0.0769. The molecular weight excluding hydrogens is 203 g/mol. The molecule has 0 unspecified atom stereocenters. The van der Waals surface area contributed by atoms with E-state index in [1.54, 1.807) is 24.4 Å². The van der Waals surface area contributed by atoms with Gasteiger partial charge in [0.1, 0.15) is 11.9 Å². The van der Waals surface area contributed by atoms with Crippen LogP contribution in [0, 0.1) is 24.1 Å². The van der Waals surface area contributed by atoms with Gasteiger partial charge in [0.15, 0.2) is 0 Å². The lowest BCUT2D eigenvalue weighted by Gasteiger charge is -2.05. The molecule has 1 heterocycles. The van der Waals surface area contributed by atoms with Gasteiger partial charge < -0.3 is 0 Å². The number of aryl methyl sites for hydroxylation is 1. The molecule has 0 aliphatic carbocycles. The van der Waals surface area contributed by atoms with Gasteiger partial charge in [0.2, 0.25) is 0 Å². The van der Waals surface area contributed by atoms with Crippen LogP contribution < -0.4 is 0 Å². The molecule has 0 bridgehead atoms. The molecule has 2 rings (SSSR count). The van der Waals surface area contributed by atoms with Gasteiger partial charge in [0.25, 0.3) is 0 Å². The number of halogens is 1. The van der Waals surface area contributed by atoms with Crippen LogP contribution in [0.25, 0.3) is 11.1 Å². The first kappa shape index (κ1) is 10.3. The van der Waals surface area contributed by atoms with Gasteiger partial charge >= 0.3 is 0 Å². The van der Waals surface area contributed by atoms with Crippen molar-refractivity contribution >= 4 is 0 Å². The van der Waals surface area contributed by atoms with E-state index in [-0.39, 0.29) is 5.56 Å². The number of nitrogens with zero attached hydrogens (tertiary/aromatic N) is 2. The Morgan fingerprint density at radius 1 is 1.31 bits per heavy atom. The lowest BCUT2D eigenvalue weighted by atomic mass is 10.0. The average molecular weight is 212 g/mol. The van der Waals surface area contributed by atoms with Crippen molar-refractivity contribution in [2.45, 2.75) is 6.92 Å². The van der Waals surface area contributed by atoms with Gasteiger partial charge in [-0.2, -0.15) is 5.26 Å². The van der Waals surface area contributed by atoms with E-state index in [9.17, 15) is 4.39 Å². The Kier molecular flexibility index (Phi) is 2.65. The summed E-state index contributed by atoms with van der Waals surface area (Å²) in [6.45, 7) is 1.86. The Bertz CT molecular complexity index is 570. The van der Waals surface area contributed by atoms with Crippen LogP contribution >= 0.6 is 0 Å². The summed E-state index contributed by atoms with van der Waals surface area (Å²) in [5.41, 5.74) is 2.33. The summed E-state index contributed by atoms with van der Waals surface area (Å²) in [6.07, 6.45) is 1.65.